The second-order valence-corrected chi connectivity index (χ2v) is 6.64. The number of hydrogen-bond acceptors (Lipinski definition) is 4. The van der Waals surface area contributed by atoms with Gasteiger partial charge in [0.1, 0.15) is 6.04 Å². The highest BCUT2D eigenvalue weighted by atomic mass is 16.6. The molecule has 0 aliphatic heterocycles. The van der Waals surface area contributed by atoms with Gasteiger partial charge in [-0.05, 0) is 19.3 Å². The molecule has 0 N–H and O–H groups in total. The number of ether oxygens (including phenoxy) is 2. The van der Waals surface area contributed by atoms with Gasteiger partial charge in [-0.1, -0.05) is 65.7 Å². The van der Waals surface area contributed by atoms with E-state index in [1.807, 2.05) is 13.8 Å². The Morgan fingerprint density at radius 2 is 1.42 bits per heavy atom. The summed E-state index contributed by atoms with van der Waals surface area (Å²) in [6.45, 7) is 8.49. The Kier molecular flexibility index (Phi) is 13.4. The molecule has 24 heavy (non-hydrogen) atoms. The maximum Gasteiger partial charge on any atom is 0.410 e. The van der Waals surface area contributed by atoms with Gasteiger partial charge in [-0.25, -0.2) is 9.59 Å². The van der Waals surface area contributed by atoms with Crippen molar-refractivity contribution in [2.75, 3.05) is 20.3 Å². The molecule has 142 valence electrons. The van der Waals surface area contributed by atoms with Crippen molar-refractivity contribution in [1.29, 1.82) is 0 Å². The zero-order valence-electron chi connectivity index (χ0n) is 16.3. The molecule has 0 aliphatic rings. The first-order valence-corrected chi connectivity index (χ1v) is 9.51. The van der Waals surface area contributed by atoms with Crippen LogP contribution < -0.4 is 0 Å². The fraction of sp³-hybridized carbons (Fsp3) is 0.895. The smallest absolute Gasteiger partial charge is 0.410 e. The van der Waals surface area contributed by atoms with Gasteiger partial charge in [0.05, 0.1) is 13.2 Å². The van der Waals surface area contributed by atoms with Gasteiger partial charge >= 0.3 is 12.1 Å². The zero-order chi connectivity index (χ0) is 18.4. The number of esters is 1. The van der Waals surface area contributed by atoms with Crippen molar-refractivity contribution >= 4 is 12.1 Å². The third-order valence-electron chi connectivity index (χ3n) is 4.09. The second kappa shape index (κ2) is 14.1. The van der Waals surface area contributed by atoms with Crippen molar-refractivity contribution < 1.29 is 19.1 Å². The molecule has 0 aromatic rings. The average molecular weight is 344 g/mol. The fourth-order valence-corrected chi connectivity index (χ4v) is 2.71. The van der Waals surface area contributed by atoms with Gasteiger partial charge in [-0.3, -0.25) is 4.90 Å². The van der Waals surface area contributed by atoms with Gasteiger partial charge in [0.15, 0.2) is 0 Å². The molecule has 0 aromatic carbocycles. The Labute approximate surface area is 148 Å². The molecule has 0 saturated heterocycles. The molecule has 1 amide bonds. The number of hydrogen-bond donors (Lipinski definition) is 0. The minimum absolute atomic E-state index is 0.0227. The molecule has 0 rings (SSSR count). The lowest BCUT2D eigenvalue weighted by molar-refractivity contribution is -0.150. The zero-order valence-corrected chi connectivity index (χ0v) is 16.3. The summed E-state index contributed by atoms with van der Waals surface area (Å²) in [6.07, 6.45) is 9.14. The van der Waals surface area contributed by atoms with E-state index in [-0.39, 0.29) is 11.9 Å². The Balaban J connectivity index is 4.02. The van der Waals surface area contributed by atoms with Crippen molar-refractivity contribution in [2.24, 2.45) is 5.92 Å². The van der Waals surface area contributed by atoms with E-state index in [9.17, 15) is 9.59 Å². The fourth-order valence-electron chi connectivity index (χ4n) is 2.71. The van der Waals surface area contributed by atoms with Crippen molar-refractivity contribution in [2.45, 2.75) is 85.1 Å². The average Bonchev–Trinajstić information content (AvgIpc) is 2.53. The summed E-state index contributed by atoms with van der Waals surface area (Å²) in [5.41, 5.74) is 0. The Bertz CT molecular complexity index is 344. The molecule has 5 nitrogen and oxygen atoms in total. The van der Waals surface area contributed by atoms with E-state index in [0.717, 1.165) is 12.8 Å². The second-order valence-electron chi connectivity index (χ2n) is 6.64. The van der Waals surface area contributed by atoms with Crippen molar-refractivity contribution in [3.63, 3.8) is 0 Å². The van der Waals surface area contributed by atoms with Gasteiger partial charge in [-0.15, -0.1) is 0 Å². The van der Waals surface area contributed by atoms with Crippen LogP contribution in [0, 0.1) is 5.92 Å². The summed E-state index contributed by atoms with van der Waals surface area (Å²) < 4.78 is 10.3. The van der Waals surface area contributed by atoms with Crippen LogP contribution in [0.25, 0.3) is 0 Å². The highest BCUT2D eigenvalue weighted by molar-refractivity contribution is 5.81. The van der Waals surface area contributed by atoms with E-state index >= 15 is 0 Å². The summed E-state index contributed by atoms with van der Waals surface area (Å²) in [6, 6.07) is -0.599. The van der Waals surface area contributed by atoms with Crippen LogP contribution in [0.15, 0.2) is 0 Å². The number of rotatable bonds is 13. The first-order valence-electron chi connectivity index (χ1n) is 9.51. The van der Waals surface area contributed by atoms with Crippen LogP contribution >= 0.6 is 0 Å². The molecule has 5 heteroatoms. The Morgan fingerprint density at radius 1 is 0.875 bits per heavy atom. The van der Waals surface area contributed by atoms with Gasteiger partial charge < -0.3 is 9.47 Å². The molecule has 0 spiro atoms. The molecule has 0 heterocycles. The molecule has 0 fully saturated rings. The lowest BCUT2D eigenvalue weighted by Gasteiger charge is -2.28. The number of carbonyl (C=O) groups excluding carboxylic acids is 2. The minimum atomic E-state index is -0.599. The van der Waals surface area contributed by atoms with E-state index < -0.39 is 12.1 Å². The molecular formula is C19H37NO4. The van der Waals surface area contributed by atoms with Crippen LogP contribution in [0.2, 0.25) is 0 Å². The van der Waals surface area contributed by atoms with E-state index in [2.05, 4.69) is 6.92 Å². The van der Waals surface area contributed by atoms with E-state index in [0.29, 0.717) is 13.2 Å². The topological polar surface area (TPSA) is 55.8 Å². The first kappa shape index (κ1) is 22.7. The Morgan fingerprint density at radius 3 is 1.92 bits per heavy atom. The summed E-state index contributed by atoms with van der Waals surface area (Å²) in [4.78, 5) is 25.4. The van der Waals surface area contributed by atoms with Gasteiger partial charge in [0.2, 0.25) is 0 Å². The summed E-state index contributed by atoms with van der Waals surface area (Å²) in [5.74, 6) is -0.367. The van der Waals surface area contributed by atoms with Crippen LogP contribution in [-0.2, 0) is 14.3 Å². The summed E-state index contributed by atoms with van der Waals surface area (Å²) in [5, 5.41) is 0. The first-order chi connectivity index (χ1) is 11.5. The van der Waals surface area contributed by atoms with Gasteiger partial charge in [0.25, 0.3) is 0 Å². The molecule has 1 atom stereocenters. The summed E-state index contributed by atoms with van der Waals surface area (Å²) >= 11 is 0. The molecule has 1 unspecified atom stereocenters. The predicted octanol–water partition coefficient (Wildman–Crippen LogP) is 4.78. The number of likely N-dealkylation sites (N-methyl/N-ethyl adjacent to an activating group) is 1. The van der Waals surface area contributed by atoms with Crippen LogP contribution in [0.5, 0.6) is 0 Å². The normalized spacial score (nSPS) is 12.1. The minimum Gasteiger partial charge on any atom is -0.464 e. The van der Waals surface area contributed by atoms with Crippen LogP contribution in [0.1, 0.15) is 79.1 Å². The summed E-state index contributed by atoms with van der Waals surface area (Å²) in [7, 11) is 1.58. The SMILES string of the molecule is CCCCCCCCCCOC(=O)C(C(C)C)N(C)C(=O)OCC. The van der Waals surface area contributed by atoms with Crippen LogP contribution in [-0.4, -0.2) is 43.3 Å². The molecule has 0 radical (unpaired) electrons. The predicted molar refractivity (Wildman–Crippen MR) is 97.0 cm³/mol. The third-order valence-corrected chi connectivity index (χ3v) is 4.09. The maximum atomic E-state index is 12.3. The molecule has 0 aromatic heterocycles. The molecule has 0 bridgehead atoms. The lowest BCUT2D eigenvalue weighted by atomic mass is 10.0. The van der Waals surface area contributed by atoms with E-state index in [1.165, 1.54) is 43.4 Å². The number of amides is 1. The van der Waals surface area contributed by atoms with Crippen LogP contribution in [0.4, 0.5) is 4.79 Å². The number of nitrogens with zero attached hydrogens (tertiary/aromatic N) is 1. The number of unbranched alkanes of at least 4 members (excludes halogenated alkanes) is 7. The highest BCUT2D eigenvalue weighted by Crippen LogP contribution is 2.13. The Hall–Kier alpha value is -1.26. The monoisotopic (exact) mass is 343 g/mol. The molecule has 0 saturated carbocycles. The quantitative estimate of drug-likeness (QED) is 0.356. The number of carbonyl (C=O) groups is 2. The van der Waals surface area contributed by atoms with Crippen LogP contribution in [0.3, 0.4) is 0 Å². The highest BCUT2D eigenvalue weighted by Gasteiger charge is 2.31. The largest absolute Gasteiger partial charge is 0.464 e. The third kappa shape index (κ3) is 9.78. The standard InChI is InChI=1S/C19H37NO4/c1-6-8-9-10-11-12-13-14-15-24-18(21)17(16(3)4)20(5)19(22)23-7-2/h16-17H,6-15H2,1-5H3. The van der Waals surface area contributed by atoms with Crippen molar-refractivity contribution in [3.05, 3.63) is 0 Å². The van der Waals surface area contributed by atoms with Crippen molar-refractivity contribution in [3.8, 4) is 0 Å². The van der Waals surface area contributed by atoms with Gasteiger partial charge in [0, 0.05) is 7.05 Å². The lowest BCUT2D eigenvalue weighted by Crippen LogP contribution is -2.46. The van der Waals surface area contributed by atoms with E-state index in [1.54, 1.807) is 14.0 Å². The van der Waals surface area contributed by atoms with Crippen molar-refractivity contribution in [1.82, 2.24) is 4.90 Å². The molecule has 0 aliphatic carbocycles. The van der Waals surface area contributed by atoms with E-state index in [4.69, 9.17) is 9.47 Å². The van der Waals surface area contributed by atoms with Gasteiger partial charge in [-0.2, -0.15) is 0 Å². The molecular weight excluding hydrogens is 306 g/mol. The maximum absolute atomic E-state index is 12.3.